The number of ether oxygens (including phenoxy) is 1. The Hall–Kier alpha value is -3.04. The molecule has 37 heavy (non-hydrogen) atoms. The third-order valence-electron chi connectivity index (χ3n) is 7.92. The average molecular weight is 499 g/mol. The maximum Gasteiger partial charge on any atom is 0.165 e. The second-order valence-electron chi connectivity index (χ2n) is 10.5. The van der Waals surface area contributed by atoms with Crippen molar-refractivity contribution in [2.24, 2.45) is 5.92 Å². The molecular formula is C34H36F2O. The maximum atomic E-state index is 14.7. The van der Waals surface area contributed by atoms with Crippen molar-refractivity contribution < 1.29 is 13.5 Å². The van der Waals surface area contributed by atoms with Gasteiger partial charge in [-0.2, -0.15) is 0 Å². The smallest absolute Gasteiger partial charge is 0.165 e. The molecule has 3 aromatic carbocycles. The summed E-state index contributed by atoms with van der Waals surface area (Å²) in [5.74, 6) is -0.749. The summed E-state index contributed by atoms with van der Waals surface area (Å²) in [6, 6.07) is 21.2. The van der Waals surface area contributed by atoms with Crippen LogP contribution in [0.2, 0.25) is 0 Å². The molecule has 0 amide bonds. The van der Waals surface area contributed by atoms with Gasteiger partial charge in [0, 0.05) is 5.56 Å². The van der Waals surface area contributed by atoms with Crippen LogP contribution in [-0.2, 0) is 17.6 Å². The van der Waals surface area contributed by atoms with Gasteiger partial charge in [0.25, 0.3) is 0 Å². The van der Waals surface area contributed by atoms with Gasteiger partial charge in [-0.3, -0.25) is 0 Å². The van der Waals surface area contributed by atoms with Crippen LogP contribution in [0.25, 0.3) is 11.1 Å². The van der Waals surface area contributed by atoms with Gasteiger partial charge in [0.1, 0.15) is 6.10 Å². The highest BCUT2D eigenvalue weighted by molar-refractivity contribution is 5.64. The highest BCUT2D eigenvalue weighted by Gasteiger charge is 2.32. The van der Waals surface area contributed by atoms with E-state index in [0.29, 0.717) is 23.7 Å². The highest BCUT2D eigenvalue weighted by Crippen LogP contribution is 2.40. The van der Waals surface area contributed by atoms with E-state index in [9.17, 15) is 8.78 Å². The van der Waals surface area contributed by atoms with Crippen molar-refractivity contribution in [2.45, 2.75) is 63.4 Å². The van der Waals surface area contributed by atoms with E-state index >= 15 is 0 Å². The minimum absolute atomic E-state index is 0.107. The van der Waals surface area contributed by atoms with Crippen LogP contribution in [0.4, 0.5) is 8.78 Å². The molecule has 0 N–H and O–H groups in total. The van der Waals surface area contributed by atoms with Crippen molar-refractivity contribution in [2.75, 3.05) is 6.61 Å². The molecule has 1 unspecified atom stereocenters. The number of benzene rings is 3. The zero-order valence-electron chi connectivity index (χ0n) is 21.5. The van der Waals surface area contributed by atoms with Gasteiger partial charge in [-0.05, 0) is 91.0 Å². The Morgan fingerprint density at radius 2 is 1.27 bits per heavy atom. The molecule has 0 spiro atoms. The van der Waals surface area contributed by atoms with Crippen molar-refractivity contribution >= 4 is 0 Å². The fourth-order valence-electron chi connectivity index (χ4n) is 5.53. The minimum atomic E-state index is -0.716. The van der Waals surface area contributed by atoms with E-state index in [4.69, 9.17) is 4.74 Å². The Morgan fingerprint density at radius 1 is 0.730 bits per heavy atom. The molecule has 1 saturated carbocycles. The number of epoxide rings is 1. The first kappa shape index (κ1) is 25.6. The van der Waals surface area contributed by atoms with Crippen LogP contribution in [0, 0.1) is 17.6 Å². The Bertz CT molecular complexity index is 1210. The first-order chi connectivity index (χ1) is 18.1. The third kappa shape index (κ3) is 6.45. The lowest BCUT2D eigenvalue weighted by Gasteiger charge is -2.27. The summed E-state index contributed by atoms with van der Waals surface area (Å²) in [5.41, 5.74) is 6.09. The molecule has 3 aromatic rings. The SMILES string of the molecule is C=CCCc1ccc(-c2ccc(CC/C=C/C3CCC(c4ccc(C5CO5)c(F)c4F)CC3)cc2)cc1. The lowest BCUT2D eigenvalue weighted by atomic mass is 9.78. The van der Waals surface area contributed by atoms with Crippen LogP contribution in [0.15, 0.2) is 85.5 Å². The Morgan fingerprint density at radius 3 is 1.84 bits per heavy atom. The molecule has 0 aromatic heterocycles. The first-order valence-electron chi connectivity index (χ1n) is 13.7. The lowest BCUT2D eigenvalue weighted by Crippen LogP contribution is -2.14. The molecule has 1 heterocycles. The number of halogens is 2. The van der Waals surface area contributed by atoms with Crippen molar-refractivity contribution in [3.63, 3.8) is 0 Å². The van der Waals surface area contributed by atoms with Gasteiger partial charge in [-0.15, -0.1) is 6.58 Å². The van der Waals surface area contributed by atoms with Crippen LogP contribution < -0.4 is 0 Å². The van der Waals surface area contributed by atoms with Crippen LogP contribution in [0.1, 0.15) is 72.8 Å². The van der Waals surface area contributed by atoms with Gasteiger partial charge in [0.05, 0.1) is 6.61 Å². The van der Waals surface area contributed by atoms with E-state index in [-0.39, 0.29) is 12.0 Å². The summed E-state index contributed by atoms with van der Waals surface area (Å²) < 4.78 is 34.2. The van der Waals surface area contributed by atoms with Crippen molar-refractivity contribution in [1.29, 1.82) is 0 Å². The second kappa shape index (κ2) is 12.0. The van der Waals surface area contributed by atoms with Gasteiger partial charge >= 0.3 is 0 Å². The molecule has 2 fully saturated rings. The van der Waals surface area contributed by atoms with E-state index in [1.54, 1.807) is 12.1 Å². The number of aryl methyl sites for hydroxylation is 2. The van der Waals surface area contributed by atoms with Crippen molar-refractivity contribution in [3.8, 4) is 11.1 Å². The van der Waals surface area contributed by atoms with Crippen LogP contribution in [-0.4, -0.2) is 6.61 Å². The van der Waals surface area contributed by atoms with E-state index < -0.39 is 11.6 Å². The van der Waals surface area contributed by atoms with Gasteiger partial charge in [-0.25, -0.2) is 8.78 Å². The highest BCUT2D eigenvalue weighted by atomic mass is 19.2. The first-order valence-corrected chi connectivity index (χ1v) is 13.7. The number of rotatable bonds is 10. The summed E-state index contributed by atoms with van der Waals surface area (Å²) in [6.07, 6.45) is 14.3. The van der Waals surface area contributed by atoms with Gasteiger partial charge < -0.3 is 4.74 Å². The Labute approximate surface area is 219 Å². The van der Waals surface area contributed by atoms with Gasteiger partial charge in [-0.1, -0.05) is 78.9 Å². The van der Waals surface area contributed by atoms with E-state index in [1.165, 1.54) is 22.3 Å². The summed E-state index contributed by atoms with van der Waals surface area (Å²) in [5, 5.41) is 0. The molecule has 192 valence electrons. The molecule has 3 heteroatoms. The number of allylic oxidation sites excluding steroid dienone is 3. The third-order valence-corrected chi connectivity index (χ3v) is 7.92. The fourth-order valence-corrected chi connectivity index (χ4v) is 5.53. The molecule has 1 nitrogen and oxygen atoms in total. The zero-order valence-corrected chi connectivity index (χ0v) is 21.5. The molecule has 1 saturated heterocycles. The van der Waals surface area contributed by atoms with Crippen molar-refractivity contribution in [1.82, 2.24) is 0 Å². The minimum Gasteiger partial charge on any atom is -0.368 e. The summed E-state index contributed by atoms with van der Waals surface area (Å²) in [4.78, 5) is 0. The van der Waals surface area contributed by atoms with E-state index in [1.807, 2.05) is 6.08 Å². The Kier molecular flexibility index (Phi) is 8.31. The molecule has 0 radical (unpaired) electrons. The molecular weight excluding hydrogens is 462 g/mol. The van der Waals surface area contributed by atoms with Gasteiger partial charge in [0.2, 0.25) is 0 Å². The quantitative estimate of drug-likeness (QED) is 0.200. The second-order valence-corrected chi connectivity index (χ2v) is 10.5. The summed E-state index contributed by atoms with van der Waals surface area (Å²) in [6.45, 7) is 4.29. The van der Waals surface area contributed by atoms with E-state index in [0.717, 1.165) is 51.4 Å². The zero-order chi connectivity index (χ0) is 25.6. The summed E-state index contributed by atoms with van der Waals surface area (Å²) in [7, 11) is 0. The molecule has 5 rings (SSSR count). The van der Waals surface area contributed by atoms with E-state index in [2.05, 4.69) is 67.3 Å². The van der Waals surface area contributed by atoms with Gasteiger partial charge in [0.15, 0.2) is 11.6 Å². The molecule has 0 bridgehead atoms. The predicted octanol–water partition coefficient (Wildman–Crippen LogP) is 9.28. The number of hydrogen-bond acceptors (Lipinski definition) is 1. The Balaban J connectivity index is 1.07. The lowest BCUT2D eigenvalue weighted by molar-refractivity contribution is 0.360. The maximum absolute atomic E-state index is 14.7. The normalized spacial score (nSPS) is 21.3. The molecule has 1 atom stereocenters. The summed E-state index contributed by atoms with van der Waals surface area (Å²) >= 11 is 0. The van der Waals surface area contributed by atoms with Crippen LogP contribution in [0.5, 0.6) is 0 Å². The standard InChI is InChI=1S/C34H36F2O/c1-2-3-6-24-9-15-27(16-10-24)28-17-11-25(12-18-28)7-4-5-8-26-13-19-29(20-14-26)30-21-22-31(32-23-37-32)34(36)33(30)35/h2,5,8-12,15-18,21-22,26,29,32H,1,3-4,6-7,13-14,19-20,23H2/b8-5+. The molecule has 2 aliphatic rings. The fraction of sp³-hybridized carbons (Fsp3) is 0.353. The monoisotopic (exact) mass is 498 g/mol. The topological polar surface area (TPSA) is 12.5 Å². The van der Waals surface area contributed by atoms with Crippen LogP contribution in [0.3, 0.4) is 0 Å². The molecule has 1 aliphatic carbocycles. The van der Waals surface area contributed by atoms with Crippen molar-refractivity contribution in [3.05, 3.63) is 119 Å². The number of hydrogen-bond donors (Lipinski definition) is 0. The van der Waals surface area contributed by atoms with Crippen LogP contribution >= 0.6 is 0 Å². The average Bonchev–Trinajstić information content (AvgIpc) is 3.78. The predicted molar refractivity (Wildman–Crippen MR) is 148 cm³/mol. The largest absolute Gasteiger partial charge is 0.368 e. The molecule has 1 aliphatic heterocycles.